The molecule has 6 heteroatoms. The number of nitrogens with zero attached hydrogens (tertiary/aromatic N) is 2. The lowest BCUT2D eigenvalue weighted by Crippen LogP contribution is -2.41. The normalized spacial score (nSPS) is 13.9. The molecule has 6 nitrogen and oxygen atoms in total. The maximum absolute atomic E-state index is 14.2. The molecular weight excluding hydrogens is 717 g/mol. The first-order valence-electron chi connectivity index (χ1n) is 22.3. The van der Waals surface area contributed by atoms with Crippen molar-refractivity contribution < 1.29 is 19.2 Å². The summed E-state index contributed by atoms with van der Waals surface area (Å²) in [5, 5.41) is 5.51. The maximum atomic E-state index is 14.2. The van der Waals surface area contributed by atoms with Crippen LogP contribution >= 0.6 is 0 Å². The van der Waals surface area contributed by atoms with Crippen molar-refractivity contribution in [3.63, 3.8) is 0 Å². The Morgan fingerprint density at radius 1 is 0.397 bits per heavy atom. The van der Waals surface area contributed by atoms with Crippen LogP contribution in [-0.2, 0) is 0 Å². The first kappa shape index (κ1) is 41.0. The lowest BCUT2D eigenvalue weighted by Gasteiger charge is -2.31. The van der Waals surface area contributed by atoms with Crippen LogP contribution in [0.1, 0.15) is 195 Å². The fourth-order valence-corrected chi connectivity index (χ4v) is 9.72. The minimum atomic E-state index is -0.333. The second-order valence-electron chi connectivity index (χ2n) is 16.7. The van der Waals surface area contributed by atoms with E-state index in [1.54, 1.807) is 24.3 Å². The standard InChI is InChI=1S/C52H58N2O4/c1-5-9-11-13-15-17-19-21-23-25-31-53-49(55)39-29-27-37-44-36(8-4)34-42-46-40(50(56)54(52(42)58)32-26-24-22-20-18-16-14-12-10-6-2)30-28-38(48(44)46)43-35(7-3)33-41(51(53)57)45(39)47(37)43/h3-4,27-30,33-34H,5-6,9-26,31-32H2,1-2H3. The molecule has 0 fully saturated rings. The summed E-state index contributed by atoms with van der Waals surface area (Å²) >= 11 is 0. The van der Waals surface area contributed by atoms with Crippen LogP contribution < -0.4 is 0 Å². The van der Waals surface area contributed by atoms with Gasteiger partial charge in [0, 0.05) is 78.8 Å². The molecular formula is C52H58N2O4. The molecule has 4 amide bonds. The molecule has 5 aromatic rings. The number of hydrogen-bond donors (Lipinski definition) is 0. The molecule has 0 unspecified atom stereocenters. The number of fused-ring (bicyclic) bond motifs is 2. The molecule has 0 N–H and O–H groups in total. The van der Waals surface area contributed by atoms with E-state index in [0.29, 0.717) is 78.8 Å². The number of amides is 4. The zero-order valence-electron chi connectivity index (χ0n) is 34.7. The number of unbranched alkanes of at least 4 members (excludes halogenated alkanes) is 18. The van der Waals surface area contributed by atoms with E-state index in [1.165, 1.54) is 99.7 Å². The second kappa shape index (κ2) is 18.6. The van der Waals surface area contributed by atoms with Crippen molar-refractivity contribution in [2.45, 2.75) is 142 Å². The quantitative estimate of drug-likeness (QED) is 0.0231. The predicted octanol–water partition coefficient (Wildman–Crippen LogP) is 12.7. The van der Waals surface area contributed by atoms with E-state index in [9.17, 15) is 19.2 Å². The minimum Gasteiger partial charge on any atom is -0.274 e. The van der Waals surface area contributed by atoms with Gasteiger partial charge >= 0.3 is 0 Å². The first-order chi connectivity index (χ1) is 28.4. The summed E-state index contributed by atoms with van der Waals surface area (Å²) in [6.45, 7) is 5.18. The van der Waals surface area contributed by atoms with Gasteiger partial charge in [-0.25, -0.2) is 0 Å². The van der Waals surface area contributed by atoms with Crippen molar-refractivity contribution in [3.8, 4) is 24.7 Å². The molecule has 0 aromatic heterocycles. The van der Waals surface area contributed by atoms with E-state index in [1.807, 2.05) is 12.1 Å². The number of terminal acetylenes is 2. The molecule has 5 aromatic carbocycles. The number of rotatable bonds is 22. The molecule has 300 valence electrons. The molecule has 58 heavy (non-hydrogen) atoms. The summed E-state index contributed by atoms with van der Waals surface area (Å²) in [5.41, 5.74) is 2.81. The van der Waals surface area contributed by atoms with Crippen molar-refractivity contribution in [3.05, 3.63) is 69.8 Å². The summed E-state index contributed by atoms with van der Waals surface area (Å²) < 4.78 is 0. The van der Waals surface area contributed by atoms with Gasteiger partial charge in [-0.05, 0) is 47.9 Å². The molecule has 0 aliphatic carbocycles. The second-order valence-corrected chi connectivity index (χ2v) is 16.7. The van der Waals surface area contributed by atoms with E-state index in [4.69, 9.17) is 12.8 Å². The van der Waals surface area contributed by atoms with Gasteiger partial charge in [-0.3, -0.25) is 29.0 Å². The Hall–Kier alpha value is -5.20. The van der Waals surface area contributed by atoms with Gasteiger partial charge in [0.15, 0.2) is 0 Å². The zero-order valence-corrected chi connectivity index (χ0v) is 34.7. The molecule has 0 saturated carbocycles. The lowest BCUT2D eigenvalue weighted by molar-refractivity contribution is 0.0592. The Morgan fingerprint density at radius 3 is 1.03 bits per heavy atom. The number of hydrogen-bond acceptors (Lipinski definition) is 4. The number of imide groups is 2. The third kappa shape index (κ3) is 7.59. The van der Waals surface area contributed by atoms with Crippen LogP contribution in [0.3, 0.4) is 0 Å². The third-order valence-corrected chi connectivity index (χ3v) is 12.8. The van der Waals surface area contributed by atoms with Crippen LogP contribution in [-0.4, -0.2) is 46.5 Å². The fraction of sp³-hybridized carbons (Fsp3) is 0.462. The van der Waals surface area contributed by atoms with Crippen molar-refractivity contribution in [1.82, 2.24) is 9.80 Å². The van der Waals surface area contributed by atoms with E-state index >= 15 is 0 Å². The summed E-state index contributed by atoms with van der Waals surface area (Å²) in [5.74, 6) is 4.44. The molecule has 0 atom stereocenters. The van der Waals surface area contributed by atoms with Crippen LogP contribution in [0.2, 0.25) is 0 Å². The van der Waals surface area contributed by atoms with Crippen LogP contribution in [0.15, 0.2) is 36.4 Å². The Bertz CT molecular complexity index is 2290. The van der Waals surface area contributed by atoms with Gasteiger partial charge < -0.3 is 0 Å². The molecule has 7 rings (SSSR count). The smallest absolute Gasteiger partial charge is 0.261 e. The number of carbonyl (C=O) groups is 4. The average molecular weight is 775 g/mol. The fourth-order valence-electron chi connectivity index (χ4n) is 9.72. The summed E-state index contributed by atoms with van der Waals surface area (Å²) in [7, 11) is 0. The highest BCUT2D eigenvalue weighted by atomic mass is 16.2. The molecule has 2 aliphatic rings. The topological polar surface area (TPSA) is 74.8 Å². The lowest BCUT2D eigenvalue weighted by atomic mass is 9.79. The molecule has 0 radical (unpaired) electrons. The molecule has 0 saturated heterocycles. The predicted molar refractivity (Wildman–Crippen MR) is 238 cm³/mol. The average Bonchev–Trinajstić information content (AvgIpc) is 3.24. The van der Waals surface area contributed by atoms with E-state index < -0.39 is 0 Å². The van der Waals surface area contributed by atoms with Crippen molar-refractivity contribution in [1.29, 1.82) is 0 Å². The van der Waals surface area contributed by atoms with Gasteiger partial charge in [0.25, 0.3) is 23.6 Å². The van der Waals surface area contributed by atoms with Gasteiger partial charge in [-0.15, -0.1) is 12.8 Å². The van der Waals surface area contributed by atoms with Gasteiger partial charge in [0.1, 0.15) is 0 Å². The molecule has 2 aliphatic heterocycles. The molecule has 2 heterocycles. The van der Waals surface area contributed by atoms with E-state index in [2.05, 4.69) is 25.7 Å². The Labute approximate surface area is 344 Å². The monoisotopic (exact) mass is 774 g/mol. The first-order valence-corrected chi connectivity index (χ1v) is 22.3. The van der Waals surface area contributed by atoms with Crippen molar-refractivity contribution in [2.75, 3.05) is 13.1 Å². The third-order valence-electron chi connectivity index (χ3n) is 12.8. The van der Waals surface area contributed by atoms with E-state index in [0.717, 1.165) is 49.3 Å². The largest absolute Gasteiger partial charge is 0.274 e. The molecule has 0 spiro atoms. The van der Waals surface area contributed by atoms with Crippen LogP contribution in [0.25, 0.3) is 43.1 Å². The molecule has 0 bridgehead atoms. The van der Waals surface area contributed by atoms with Crippen LogP contribution in [0.4, 0.5) is 0 Å². The minimum absolute atomic E-state index is 0.300. The number of carbonyl (C=O) groups excluding carboxylic acids is 4. The SMILES string of the molecule is C#Cc1cc2c3c(ccc4c5c(C#C)cc6c7c(ccc(c1c34)c75)C(=O)N(CCCCCCCCCCCC)C6=O)C(=O)N(CCCCCCCCCCCC)C2=O. The maximum Gasteiger partial charge on any atom is 0.261 e. The summed E-state index contributed by atoms with van der Waals surface area (Å²) in [4.78, 5) is 59.4. The van der Waals surface area contributed by atoms with Gasteiger partial charge in [-0.2, -0.15) is 0 Å². The van der Waals surface area contributed by atoms with Crippen molar-refractivity contribution in [2.24, 2.45) is 0 Å². The van der Waals surface area contributed by atoms with E-state index in [-0.39, 0.29) is 23.6 Å². The Kier molecular flexibility index (Phi) is 13.1. The highest BCUT2D eigenvalue weighted by Gasteiger charge is 2.38. The highest BCUT2D eigenvalue weighted by Crippen LogP contribution is 2.48. The Balaban J connectivity index is 1.17. The zero-order chi connectivity index (χ0) is 40.8. The van der Waals surface area contributed by atoms with Crippen molar-refractivity contribution >= 4 is 66.7 Å². The van der Waals surface area contributed by atoms with Gasteiger partial charge in [-0.1, -0.05) is 153 Å². The van der Waals surface area contributed by atoms with Gasteiger partial charge in [0.05, 0.1) is 0 Å². The summed E-state index contributed by atoms with van der Waals surface area (Å²) in [6, 6.07) is 10.9. The highest BCUT2D eigenvalue weighted by molar-refractivity contribution is 6.42. The van der Waals surface area contributed by atoms with Gasteiger partial charge in [0.2, 0.25) is 0 Å². The summed E-state index contributed by atoms with van der Waals surface area (Å²) in [6.07, 6.45) is 35.7. The number of benzene rings is 5. The van der Waals surface area contributed by atoms with Crippen LogP contribution in [0, 0.1) is 24.7 Å². The van der Waals surface area contributed by atoms with Crippen LogP contribution in [0.5, 0.6) is 0 Å². The Morgan fingerprint density at radius 2 is 0.707 bits per heavy atom.